The van der Waals surface area contributed by atoms with Crippen LogP contribution in [0.15, 0.2) is 18.5 Å². The largest absolute Gasteiger partial charge is 0.486 e. The van der Waals surface area contributed by atoms with Gasteiger partial charge in [-0.1, -0.05) is 20.8 Å². The minimum atomic E-state index is 0.221. The van der Waals surface area contributed by atoms with Crippen molar-refractivity contribution in [1.82, 2.24) is 15.0 Å². The van der Waals surface area contributed by atoms with Crippen LogP contribution in [0, 0.1) is 5.41 Å². The Balaban J connectivity index is 2.02. The number of fused-ring (bicyclic) bond motifs is 3. The second-order valence-electron chi connectivity index (χ2n) is 5.91. The molecule has 94 valence electrons. The number of imidazole rings is 1. The van der Waals surface area contributed by atoms with Crippen LogP contribution < -0.4 is 4.74 Å². The smallest absolute Gasteiger partial charge is 0.132 e. The van der Waals surface area contributed by atoms with Crippen molar-refractivity contribution in [3.63, 3.8) is 0 Å². The lowest BCUT2D eigenvalue weighted by Crippen LogP contribution is -2.10. The molecule has 0 fully saturated rings. The number of H-pyrrole nitrogens is 1. The number of hydrogen-bond donors (Lipinski definition) is 1. The minimum absolute atomic E-state index is 0.221. The average molecular weight is 243 g/mol. The van der Waals surface area contributed by atoms with E-state index in [1.54, 1.807) is 6.20 Å². The van der Waals surface area contributed by atoms with Gasteiger partial charge in [-0.2, -0.15) is 0 Å². The standard InChI is InChI=1S/C14H17N3O/c1-14(2,3)6-12-16-10-8-18-11-4-5-15-7-9(11)13(10)17-12/h4-5,7H,6,8H2,1-3H3,(H,16,17). The third-order valence-electron chi connectivity index (χ3n) is 2.93. The Morgan fingerprint density at radius 3 is 3.00 bits per heavy atom. The van der Waals surface area contributed by atoms with Gasteiger partial charge in [0.15, 0.2) is 0 Å². The van der Waals surface area contributed by atoms with Gasteiger partial charge in [0.2, 0.25) is 0 Å². The van der Waals surface area contributed by atoms with Crippen LogP contribution in [0.4, 0.5) is 0 Å². The van der Waals surface area contributed by atoms with Gasteiger partial charge in [0.1, 0.15) is 23.9 Å². The van der Waals surface area contributed by atoms with Crippen molar-refractivity contribution in [3.8, 4) is 17.0 Å². The number of rotatable bonds is 1. The van der Waals surface area contributed by atoms with Gasteiger partial charge >= 0.3 is 0 Å². The zero-order valence-electron chi connectivity index (χ0n) is 10.9. The fourth-order valence-corrected chi connectivity index (χ4v) is 2.21. The fourth-order valence-electron chi connectivity index (χ4n) is 2.21. The molecule has 0 bridgehead atoms. The number of ether oxygens (including phenoxy) is 1. The number of hydrogen-bond acceptors (Lipinski definition) is 3. The predicted molar refractivity (Wildman–Crippen MR) is 69.3 cm³/mol. The van der Waals surface area contributed by atoms with Crippen LogP contribution in [0.1, 0.15) is 32.3 Å². The van der Waals surface area contributed by atoms with E-state index in [4.69, 9.17) is 9.72 Å². The van der Waals surface area contributed by atoms with E-state index < -0.39 is 0 Å². The Morgan fingerprint density at radius 1 is 1.39 bits per heavy atom. The molecule has 1 aliphatic heterocycles. The fraction of sp³-hybridized carbons (Fsp3) is 0.429. The summed E-state index contributed by atoms with van der Waals surface area (Å²) in [6.07, 6.45) is 4.48. The summed E-state index contributed by atoms with van der Waals surface area (Å²) in [5.74, 6) is 1.89. The van der Waals surface area contributed by atoms with Crippen molar-refractivity contribution in [1.29, 1.82) is 0 Å². The Hall–Kier alpha value is -1.84. The van der Waals surface area contributed by atoms with E-state index in [0.29, 0.717) is 6.61 Å². The van der Waals surface area contributed by atoms with Crippen LogP contribution >= 0.6 is 0 Å². The van der Waals surface area contributed by atoms with Crippen LogP contribution in [0.5, 0.6) is 5.75 Å². The monoisotopic (exact) mass is 243 g/mol. The normalized spacial score (nSPS) is 13.7. The van der Waals surface area contributed by atoms with Gasteiger partial charge in [0.05, 0.1) is 11.3 Å². The topological polar surface area (TPSA) is 50.8 Å². The maximum absolute atomic E-state index is 5.68. The zero-order chi connectivity index (χ0) is 12.8. The van der Waals surface area contributed by atoms with Crippen LogP contribution in [-0.2, 0) is 13.0 Å². The average Bonchev–Trinajstić information content (AvgIpc) is 2.69. The molecule has 0 radical (unpaired) electrons. The van der Waals surface area contributed by atoms with Gasteiger partial charge in [-0.15, -0.1) is 0 Å². The maximum Gasteiger partial charge on any atom is 0.132 e. The molecule has 0 amide bonds. The summed E-state index contributed by atoms with van der Waals surface area (Å²) in [6.45, 7) is 7.19. The number of pyridine rings is 1. The lowest BCUT2D eigenvalue weighted by atomic mass is 9.92. The van der Waals surface area contributed by atoms with Gasteiger partial charge in [-0.3, -0.25) is 4.98 Å². The summed E-state index contributed by atoms with van der Waals surface area (Å²) in [5.41, 5.74) is 3.24. The van der Waals surface area contributed by atoms with Crippen molar-refractivity contribution in [2.45, 2.75) is 33.8 Å². The molecule has 0 aliphatic carbocycles. The maximum atomic E-state index is 5.68. The number of nitrogens with zero attached hydrogens (tertiary/aromatic N) is 2. The molecule has 0 saturated heterocycles. The molecule has 0 spiro atoms. The molecule has 3 heterocycles. The van der Waals surface area contributed by atoms with Gasteiger partial charge in [-0.25, -0.2) is 4.98 Å². The van der Waals surface area contributed by atoms with E-state index in [9.17, 15) is 0 Å². The molecule has 0 aromatic carbocycles. The van der Waals surface area contributed by atoms with Crippen molar-refractivity contribution in [2.24, 2.45) is 5.41 Å². The predicted octanol–water partition coefficient (Wildman–Crippen LogP) is 2.95. The van der Waals surface area contributed by atoms with Gasteiger partial charge in [-0.05, 0) is 11.5 Å². The Bertz CT molecular complexity index is 581. The van der Waals surface area contributed by atoms with Crippen molar-refractivity contribution in [2.75, 3.05) is 0 Å². The second-order valence-corrected chi connectivity index (χ2v) is 5.91. The van der Waals surface area contributed by atoms with E-state index in [-0.39, 0.29) is 5.41 Å². The third kappa shape index (κ3) is 1.98. The summed E-state index contributed by atoms with van der Waals surface area (Å²) < 4.78 is 5.68. The van der Waals surface area contributed by atoms with Crippen molar-refractivity contribution in [3.05, 3.63) is 30.0 Å². The molecule has 0 atom stereocenters. The number of nitrogens with one attached hydrogen (secondary N) is 1. The molecule has 1 N–H and O–H groups in total. The molecule has 18 heavy (non-hydrogen) atoms. The van der Waals surface area contributed by atoms with Gasteiger partial charge in [0.25, 0.3) is 0 Å². The quantitative estimate of drug-likeness (QED) is 0.837. The number of aromatic nitrogens is 3. The lowest BCUT2D eigenvalue weighted by molar-refractivity contribution is 0.297. The third-order valence-corrected chi connectivity index (χ3v) is 2.93. The molecule has 3 rings (SSSR count). The van der Waals surface area contributed by atoms with Gasteiger partial charge in [0, 0.05) is 18.8 Å². The molecule has 1 aliphatic rings. The first-order valence-corrected chi connectivity index (χ1v) is 6.18. The summed E-state index contributed by atoms with van der Waals surface area (Å²) in [4.78, 5) is 12.2. The van der Waals surface area contributed by atoms with Crippen LogP contribution in [0.2, 0.25) is 0 Å². The Labute approximate surface area is 106 Å². The summed E-state index contributed by atoms with van der Waals surface area (Å²) >= 11 is 0. The summed E-state index contributed by atoms with van der Waals surface area (Å²) in [6, 6.07) is 1.89. The van der Waals surface area contributed by atoms with E-state index in [0.717, 1.165) is 34.9 Å². The highest BCUT2D eigenvalue weighted by Crippen LogP contribution is 2.35. The van der Waals surface area contributed by atoms with E-state index >= 15 is 0 Å². The van der Waals surface area contributed by atoms with Crippen LogP contribution in [-0.4, -0.2) is 15.0 Å². The molecule has 4 nitrogen and oxygen atoms in total. The zero-order valence-corrected chi connectivity index (χ0v) is 10.9. The molecule has 4 heteroatoms. The highest BCUT2D eigenvalue weighted by Gasteiger charge is 2.23. The van der Waals surface area contributed by atoms with Crippen LogP contribution in [0.3, 0.4) is 0 Å². The molecule has 2 aromatic rings. The Kier molecular flexibility index (Phi) is 2.40. The first kappa shape index (κ1) is 11.3. The first-order chi connectivity index (χ1) is 8.53. The van der Waals surface area contributed by atoms with Crippen molar-refractivity contribution >= 4 is 0 Å². The summed E-state index contributed by atoms with van der Waals surface area (Å²) in [7, 11) is 0. The molecule has 0 unspecified atom stereocenters. The minimum Gasteiger partial charge on any atom is -0.486 e. The summed E-state index contributed by atoms with van der Waals surface area (Å²) in [5, 5.41) is 0. The molecule has 2 aromatic heterocycles. The molecular formula is C14H17N3O. The molecule has 0 saturated carbocycles. The van der Waals surface area contributed by atoms with Gasteiger partial charge < -0.3 is 9.72 Å². The Morgan fingerprint density at radius 2 is 2.22 bits per heavy atom. The highest BCUT2D eigenvalue weighted by molar-refractivity contribution is 5.69. The second kappa shape index (κ2) is 3.83. The molecular weight excluding hydrogens is 226 g/mol. The van der Waals surface area contributed by atoms with E-state index in [1.165, 1.54) is 0 Å². The van der Waals surface area contributed by atoms with E-state index in [1.807, 2.05) is 12.3 Å². The SMILES string of the molecule is CC(C)(C)Cc1nc2c([nH]1)COc1ccncc1-2. The van der Waals surface area contributed by atoms with Crippen LogP contribution in [0.25, 0.3) is 11.3 Å². The first-order valence-electron chi connectivity index (χ1n) is 6.18. The number of aromatic amines is 1. The highest BCUT2D eigenvalue weighted by atomic mass is 16.5. The van der Waals surface area contributed by atoms with Crippen molar-refractivity contribution < 1.29 is 4.74 Å². The lowest BCUT2D eigenvalue weighted by Gasteiger charge is -2.15. The van der Waals surface area contributed by atoms with E-state index in [2.05, 4.69) is 30.7 Å².